The highest BCUT2D eigenvalue weighted by Gasteiger charge is 2.29. The number of alkyl halides is 1. The van der Waals surface area contributed by atoms with E-state index in [-0.39, 0.29) is 5.91 Å². The summed E-state index contributed by atoms with van der Waals surface area (Å²) in [6, 6.07) is 2.06. The molecule has 94 valence electrons. The maximum Gasteiger partial charge on any atom is 0.263 e. The quantitative estimate of drug-likeness (QED) is 0.778. The molecular formula is C13H18BrNOS. The average molecular weight is 316 g/mol. The monoisotopic (exact) mass is 315 g/mol. The second-order valence-corrected chi connectivity index (χ2v) is 6.96. The van der Waals surface area contributed by atoms with Gasteiger partial charge < -0.3 is 4.90 Å². The number of hydrogen-bond acceptors (Lipinski definition) is 2. The summed E-state index contributed by atoms with van der Waals surface area (Å²) in [6.45, 7) is 2.99. The molecule has 0 aromatic carbocycles. The lowest BCUT2D eigenvalue weighted by molar-refractivity contribution is 0.0752. The van der Waals surface area contributed by atoms with E-state index in [1.807, 2.05) is 17.3 Å². The first-order chi connectivity index (χ1) is 8.11. The van der Waals surface area contributed by atoms with Crippen molar-refractivity contribution in [2.24, 2.45) is 5.92 Å². The zero-order valence-corrected chi connectivity index (χ0v) is 12.7. The molecule has 2 rings (SSSR count). The van der Waals surface area contributed by atoms with Gasteiger partial charge in [-0.25, -0.2) is 0 Å². The van der Waals surface area contributed by atoms with E-state index in [1.165, 1.54) is 18.4 Å². The van der Waals surface area contributed by atoms with Crippen LogP contribution in [-0.2, 0) is 6.42 Å². The first kappa shape index (κ1) is 13.1. The van der Waals surface area contributed by atoms with Gasteiger partial charge in [-0.2, -0.15) is 0 Å². The fourth-order valence-electron chi connectivity index (χ4n) is 2.25. The van der Waals surface area contributed by atoms with E-state index in [0.29, 0.717) is 10.7 Å². The molecule has 0 atom stereocenters. The molecule has 17 heavy (non-hydrogen) atoms. The molecule has 1 amide bonds. The number of carbonyl (C=O) groups is 1. The van der Waals surface area contributed by atoms with Crippen LogP contribution in [0.25, 0.3) is 0 Å². The van der Waals surface area contributed by atoms with Crippen molar-refractivity contribution >= 4 is 33.2 Å². The summed E-state index contributed by atoms with van der Waals surface area (Å²) in [6.07, 6.45) is 3.33. The van der Waals surface area contributed by atoms with Crippen molar-refractivity contribution in [3.8, 4) is 0 Å². The van der Waals surface area contributed by atoms with Crippen LogP contribution in [0.3, 0.4) is 0 Å². The predicted octanol–water partition coefficient (Wildman–Crippen LogP) is 3.56. The number of aryl methyl sites for hydroxylation is 1. The summed E-state index contributed by atoms with van der Waals surface area (Å²) in [4.78, 5) is 15.7. The smallest absolute Gasteiger partial charge is 0.263 e. The van der Waals surface area contributed by atoms with Gasteiger partial charge in [-0.15, -0.1) is 11.3 Å². The van der Waals surface area contributed by atoms with Gasteiger partial charge in [-0.3, -0.25) is 4.79 Å². The van der Waals surface area contributed by atoms with E-state index in [1.54, 1.807) is 11.3 Å². The summed E-state index contributed by atoms with van der Waals surface area (Å²) in [5.41, 5.74) is 1.18. The number of amides is 1. The minimum Gasteiger partial charge on any atom is -0.341 e. The van der Waals surface area contributed by atoms with Crippen molar-refractivity contribution in [1.82, 2.24) is 4.90 Å². The molecule has 1 aromatic rings. The largest absolute Gasteiger partial charge is 0.341 e. The van der Waals surface area contributed by atoms with Gasteiger partial charge >= 0.3 is 0 Å². The summed E-state index contributed by atoms with van der Waals surface area (Å²) < 4.78 is 0. The third kappa shape index (κ3) is 2.91. The van der Waals surface area contributed by atoms with E-state index < -0.39 is 0 Å². The van der Waals surface area contributed by atoms with E-state index in [4.69, 9.17) is 0 Å². The molecule has 0 unspecified atom stereocenters. The molecule has 1 saturated carbocycles. The van der Waals surface area contributed by atoms with Gasteiger partial charge in [0.15, 0.2) is 0 Å². The number of thiophene rings is 1. The predicted molar refractivity (Wildman–Crippen MR) is 76.1 cm³/mol. The fraction of sp³-hybridized carbons (Fsp3) is 0.615. The van der Waals surface area contributed by atoms with Gasteiger partial charge in [-0.1, -0.05) is 22.9 Å². The molecule has 0 spiro atoms. The lowest BCUT2D eigenvalue weighted by Gasteiger charge is -2.34. The van der Waals surface area contributed by atoms with Crippen LogP contribution in [0.15, 0.2) is 11.4 Å². The van der Waals surface area contributed by atoms with Crippen LogP contribution in [0, 0.1) is 5.92 Å². The molecule has 4 heteroatoms. The highest BCUT2D eigenvalue weighted by atomic mass is 79.9. The average Bonchev–Trinajstić information content (AvgIpc) is 2.73. The summed E-state index contributed by atoms with van der Waals surface area (Å²) in [7, 11) is 1.92. The van der Waals surface area contributed by atoms with Crippen LogP contribution in [-0.4, -0.2) is 29.2 Å². The topological polar surface area (TPSA) is 20.3 Å². The number of hydrogen-bond donors (Lipinski definition) is 0. The van der Waals surface area contributed by atoms with E-state index in [2.05, 4.69) is 28.9 Å². The molecule has 1 aliphatic carbocycles. The molecule has 0 aliphatic heterocycles. The molecule has 0 saturated heterocycles. The Bertz CT molecular complexity index is 398. The lowest BCUT2D eigenvalue weighted by Crippen LogP contribution is -2.37. The number of nitrogens with zero attached hydrogens (tertiary/aromatic N) is 1. The minimum atomic E-state index is 0.190. The van der Waals surface area contributed by atoms with Crippen molar-refractivity contribution in [3.63, 3.8) is 0 Å². The Labute approximate surface area is 115 Å². The zero-order chi connectivity index (χ0) is 12.4. The van der Waals surface area contributed by atoms with Crippen molar-refractivity contribution in [2.45, 2.75) is 31.0 Å². The molecule has 0 bridgehead atoms. The highest BCUT2D eigenvalue weighted by molar-refractivity contribution is 9.09. The van der Waals surface area contributed by atoms with Crippen molar-refractivity contribution < 1.29 is 4.79 Å². The molecule has 1 heterocycles. The van der Waals surface area contributed by atoms with Gasteiger partial charge in [0.1, 0.15) is 0 Å². The lowest BCUT2D eigenvalue weighted by atomic mass is 9.85. The summed E-state index contributed by atoms with van der Waals surface area (Å²) in [5, 5.41) is 2.01. The molecule has 0 radical (unpaired) electrons. The second-order valence-electron chi connectivity index (χ2n) is 4.75. The van der Waals surface area contributed by atoms with Crippen molar-refractivity contribution in [2.75, 3.05) is 13.6 Å². The molecule has 0 N–H and O–H groups in total. The third-order valence-corrected chi connectivity index (χ3v) is 5.07. The van der Waals surface area contributed by atoms with Gasteiger partial charge in [0.05, 0.1) is 4.88 Å². The summed E-state index contributed by atoms with van der Waals surface area (Å²) >= 11 is 5.15. The van der Waals surface area contributed by atoms with Crippen LogP contribution in [0.2, 0.25) is 0 Å². The van der Waals surface area contributed by atoms with Crippen molar-refractivity contribution in [1.29, 1.82) is 0 Å². The maximum absolute atomic E-state index is 12.3. The fourth-order valence-corrected chi connectivity index (χ4v) is 4.29. The third-order valence-electron chi connectivity index (χ3n) is 3.38. The number of rotatable bonds is 4. The minimum absolute atomic E-state index is 0.190. The van der Waals surface area contributed by atoms with E-state index in [9.17, 15) is 4.79 Å². The molecule has 1 fully saturated rings. The Balaban J connectivity index is 1.95. The molecule has 2 nitrogen and oxygen atoms in total. The Morgan fingerprint density at radius 2 is 2.29 bits per heavy atom. The van der Waals surface area contributed by atoms with E-state index in [0.717, 1.165) is 17.8 Å². The maximum atomic E-state index is 12.3. The van der Waals surface area contributed by atoms with Gasteiger partial charge in [0, 0.05) is 18.4 Å². The van der Waals surface area contributed by atoms with Crippen LogP contribution >= 0.6 is 27.3 Å². The second kappa shape index (κ2) is 5.53. The first-order valence-corrected chi connectivity index (χ1v) is 7.87. The van der Waals surface area contributed by atoms with Crippen LogP contribution in [0.5, 0.6) is 0 Å². The van der Waals surface area contributed by atoms with E-state index >= 15 is 0 Å². The summed E-state index contributed by atoms with van der Waals surface area (Å²) in [5.74, 6) is 0.869. The van der Waals surface area contributed by atoms with Gasteiger partial charge in [0.2, 0.25) is 0 Å². The molecule has 1 aromatic heterocycles. The Morgan fingerprint density at radius 3 is 2.88 bits per heavy atom. The first-order valence-electron chi connectivity index (χ1n) is 6.07. The molecular weight excluding hydrogens is 298 g/mol. The van der Waals surface area contributed by atoms with Crippen LogP contribution < -0.4 is 0 Å². The SMILES string of the molecule is CCc1ccsc1C(=O)N(C)CC1CC(Br)C1. The molecule has 1 aliphatic rings. The standard InChI is InChI=1S/C13H18BrNOS/c1-3-10-4-5-17-12(10)13(16)15(2)8-9-6-11(14)7-9/h4-5,9,11H,3,6-8H2,1-2H3. The highest BCUT2D eigenvalue weighted by Crippen LogP contribution is 2.34. The van der Waals surface area contributed by atoms with Crippen LogP contribution in [0.4, 0.5) is 0 Å². The normalized spacial score (nSPS) is 23.2. The Kier molecular flexibility index (Phi) is 4.26. The Morgan fingerprint density at radius 1 is 1.59 bits per heavy atom. The number of halogens is 1. The number of carbonyl (C=O) groups excluding carboxylic acids is 1. The Hall–Kier alpha value is -0.350. The van der Waals surface area contributed by atoms with Crippen LogP contribution in [0.1, 0.15) is 35.0 Å². The van der Waals surface area contributed by atoms with Crippen molar-refractivity contribution in [3.05, 3.63) is 21.9 Å². The van der Waals surface area contributed by atoms with Gasteiger partial charge in [0.25, 0.3) is 5.91 Å². The van der Waals surface area contributed by atoms with Gasteiger partial charge in [-0.05, 0) is 42.2 Å². The zero-order valence-electron chi connectivity index (χ0n) is 10.3.